The van der Waals surface area contributed by atoms with Gasteiger partial charge in [0.2, 0.25) is 0 Å². The van der Waals surface area contributed by atoms with Gasteiger partial charge in [-0.2, -0.15) is 0 Å². The largest absolute Gasteiger partial charge is 0.388 e. The molecule has 3 unspecified atom stereocenters. The number of hydrogen-bond donors (Lipinski definition) is 2. The van der Waals surface area contributed by atoms with Crippen molar-refractivity contribution in [2.75, 3.05) is 0 Å². The van der Waals surface area contributed by atoms with Crippen molar-refractivity contribution >= 4 is 0 Å². The summed E-state index contributed by atoms with van der Waals surface area (Å²) in [6.07, 6.45) is -0.147. The molecule has 0 aromatic carbocycles. The molecule has 3 nitrogen and oxygen atoms in total. The first-order valence-electron chi connectivity index (χ1n) is 3.25. The number of rotatable bonds is 1. The summed E-state index contributed by atoms with van der Waals surface area (Å²) in [6.45, 7) is 1.97. The molecule has 11 heavy (non-hydrogen) atoms. The van der Waals surface area contributed by atoms with Crippen LogP contribution < -0.4 is 0 Å². The summed E-state index contributed by atoms with van der Waals surface area (Å²) < 4.78 is 4.93. The molecule has 0 aromatic heterocycles. The van der Waals surface area contributed by atoms with Crippen LogP contribution in [0.15, 0.2) is 0 Å². The normalized spacial score (nSPS) is 35.7. The first kappa shape index (κ1) is 16.2. The molecule has 0 amide bonds. The van der Waals surface area contributed by atoms with Crippen molar-refractivity contribution in [2.24, 2.45) is 0 Å². The Kier molecular flexibility index (Phi) is 11.9. The minimum absolute atomic E-state index is 0. The molecule has 3 atom stereocenters. The average molecular weight is 586 g/mol. The van der Waals surface area contributed by atoms with E-state index in [9.17, 15) is 0 Å². The summed E-state index contributed by atoms with van der Waals surface area (Å²) in [5.41, 5.74) is 0. The molecular formula is C6H12Ac2O3. The van der Waals surface area contributed by atoms with Gasteiger partial charge < -0.3 is 14.9 Å². The summed E-state index contributed by atoms with van der Waals surface area (Å²) in [5, 5.41) is 17.8. The maximum atomic E-state index is 8.92. The van der Waals surface area contributed by atoms with E-state index in [4.69, 9.17) is 14.9 Å². The smallest absolute Gasteiger partial charge is 0.181 e. The SMILES string of the molecule is CCC1CC(O)C(O)O1.[Ac].[Ac]. The van der Waals surface area contributed by atoms with Crippen molar-refractivity contribution in [1.29, 1.82) is 0 Å². The van der Waals surface area contributed by atoms with Crippen molar-refractivity contribution in [3.8, 4) is 0 Å². The van der Waals surface area contributed by atoms with E-state index in [1.807, 2.05) is 6.92 Å². The Balaban J connectivity index is 0. The second-order valence-corrected chi connectivity index (χ2v) is 2.36. The molecule has 1 saturated heterocycles. The summed E-state index contributed by atoms with van der Waals surface area (Å²) in [4.78, 5) is 0. The van der Waals surface area contributed by atoms with E-state index in [-0.39, 0.29) is 94.2 Å². The molecule has 60 valence electrons. The summed E-state index contributed by atoms with van der Waals surface area (Å²) in [5.74, 6) is 0. The Morgan fingerprint density at radius 3 is 2.09 bits per heavy atom. The third-order valence-electron chi connectivity index (χ3n) is 1.62. The van der Waals surface area contributed by atoms with Crippen LogP contribution in [0.25, 0.3) is 0 Å². The summed E-state index contributed by atoms with van der Waals surface area (Å²) >= 11 is 0. The van der Waals surface area contributed by atoms with Crippen molar-refractivity contribution in [1.82, 2.24) is 0 Å². The van der Waals surface area contributed by atoms with Crippen molar-refractivity contribution in [3.63, 3.8) is 0 Å². The Hall–Kier alpha value is 2.76. The Labute approximate surface area is 138 Å². The van der Waals surface area contributed by atoms with Gasteiger partial charge in [0.15, 0.2) is 6.29 Å². The molecule has 0 aromatic rings. The minimum Gasteiger partial charge on any atom is -0.388 e. The van der Waals surface area contributed by atoms with Crippen LogP contribution in [0.1, 0.15) is 19.8 Å². The fourth-order valence-electron chi connectivity index (χ4n) is 0.992. The molecule has 0 aliphatic carbocycles. The van der Waals surface area contributed by atoms with Crippen LogP contribution in [-0.4, -0.2) is 28.7 Å². The van der Waals surface area contributed by atoms with Gasteiger partial charge in [-0.1, -0.05) is 6.92 Å². The van der Waals surface area contributed by atoms with Gasteiger partial charge in [0.25, 0.3) is 0 Å². The van der Waals surface area contributed by atoms with Crippen LogP contribution in [0.5, 0.6) is 0 Å². The van der Waals surface area contributed by atoms with E-state index in [1.54, 1.807) is 0 Å². The molecule has 1 aliphatic rings. The molecule has 0 spiro atoms. The van der Waals surface area contributed by atoms with Crippen molar-refractivity contribution in [2.45, 2.75) is 38.3 Å². The first-order valence-corrected chi connectivity index (χ1v) is 3.25. The summed E-state index contributed by atoms with van der Waals surface area (Å²) in [6, 6.07) is 0. The minimum atomic E-state index is -0.949. The quantitative estimate of drug-likeness (QED) is 0.451. The van der Waals surface area contributed by atoms with Gasteiger partial charge in [-0.3, -0.25) is 0 Å². The Morgan fingerprint density at radius 1 is 1.36 bits per heavy atom. The number of hydrogen-bond acceptors (Lipinski definition) is 3. The van der Waals surface area contributed by atoms with Crippen LogP contribution in [0.4, 0.5) is 0 Å². The predicted molar refractivity (Wildman–Crippen MR) is 31.8 cm³/mol. The molecule has 1 rings (SSSR count). The van der Waals surface area contributed by atoms with Gasteiger partial charge in [0, 0.05) is 94.5 Å². The van der Waals surface area contributed by atoms with Gasteiger partial charge in [0.05, 0.1) is 6.10 Å². The van der Waals surface area contributed by atoms with Crippen LogP contribution in [0, 0.1) is 88.1 Å². The monoisotopic (exact) mass is 586 g/mol. The van der Waals surface area contributed by atoms with Gasteiger partial charge in [-0.05, 0) is 6.42 Å². The van der Waals surface area contributed by atoms with E-state index < -0.39 is 12.4 Å². The fraction of sp³-hybridized carbons (Fsp3) is 1.00. The molecule has 2 N–H and O–H groups in total. The van der Waals surface area contributed by atoms with Gasteiger partial charge in [0.1, 0.15) is 6.10 Å². The van der Waals surface area contributed by atoms with Crippen LogP contribution >= 0.6 is 0 Å². The number of ether oxygens (including phenoxy) is 1. The Morgan fingerprint density at radius 2 is 1.91 bits per heavy atom. The van der Waals surface area contributed by atoms with E-state index in [0.29, 0.717) is 6.42 Å². The van der Waals surface area contributed by atoms with Crippen LogP contribution in [-0.2, 0) is 4.74 Å². The third kappa shape index (κ3) is 5.26. The van der Waals surface area contributed by atoms with E-state index in [2.05, 4.69) is 0 Å². The van der Waals surface area contributed by atoms with Crippen molar-refractivity contribution in [3.05, 3.63) is 0 Å². The van der Waals surface area contributed by atoms with Gasteiger partial charge in [-0.25, -0.2) is 0 Å². The van der Waals surface area contributed by atoms with Gasteiger partial charge >= 0.3 is 0 Å². The molecule has 1 heterocycles. The second kappa shape index (κ2) is 8.10. The maximum Gasteiger partial charge on any atom is 0.181 e. The predicted octanol–water partition coefficient (Wildman–Crippen LogP) is -0.135. The second-order valence-electron chi connectivity index (χ2n) is 2.36. The number of aliphatic hydroxyl groups is 2. The fourth-order valence-corrected chi connectivity index (χ4v) is 0.992. The topological polar surface area (TPSA) is 49.7 Å². The Bertz CT molecular complexity index is 91.8. The zero-order valence-electron chi connectivity index (χ0n) is 6.60. The summed E-state index contributed by atoms with van der Waals surface area (Å²) in [7, 11) is 0. The standard InChI is InChI=1S/C6H12O3.2Ac/c1-2-4-3-5(7)6(8)9-4;;/h4-8H,2-3H2,1H3;;. The average Bonchev–Trinajstić information content (AvgIpc) is 2.13. The zero-order chi connectivity index (χ0) is 6.85. The third-order valence-corrected chi connectivity index (χ3v) is 1.62. The first-order chi connectivity index (χ1) is 4.24. The zero-order valence-corrected chi connectivity index (χ0v) is 16.1. The van der Waals surface area contributed by atoms with Gasteiger partial charge in [-0.15, -0.1) is 0 Å². The van der Waals surface area contributed by atoms with E-state index >= 15 is 0 Å². The molecule has 5 heteroatoms. The van der Waals surface area contributed by atoms with E-state index in [0.717, 1.165) is 6.42 Å². The maximum absolute atomic E-state index is 8.92. The molecule has 1 fully saturated rings. The molecule has 2 radical (unpaired) electrons. The molecule has 0 saturated carbocycles. The molecule has 1 aliphatic heterocycles. The number of aliphatic hydroxyl groups excluding tert-OH is 2. The molecular weight excluding hydrogens is 574 g/mol. The van der Waals surface area contributed by atoms with Crippen molar-refractivity contribution < 1.29 is 103 Å². The van der Waals surface area contributed by atoms with Crippen LogP contribution in [0.2, 0.25) is 0 Å². The molecule has 0 bridgehead atoms. The van der Waals surface area contributed by atoms with Crippen LogP contribution in [0.3, 0.4) is 0 Å². The van der Waals surface area contributed by atoms with E-state index in [1.165, 1.54) is 0 Å².